The number of halogens is 1. The molecule has 1 rings (SSSR count). The fraction of sp³-hybridized carbons (Fsp3) is 0.417. The number of carbonyl (C=O) groups is 1. The molecule has 0 unspecified atom stereocenters. The number of primary amides is 1. The highest BCUT2D eigenvalue weighted by Crippen LogP contribution is 2.22. The van der Waals surface area contributed by atoms with Crippen LogP contribution < -0.4 is 15.8 Å². The van der Waals surface area contributed by atoms with Crippen LogP contribution in [0.3, 0.4) is 0 Å². The van der Waals surface area contributed by atoms with Crippen molar-refractivity contribution in [1.29, 1.82) is 0 Å². The van der Waals surface area contributed by atoms with Gasteiger partial charge in [0.25, 0.3) is 0 Å². The van der Waals surface area contributed by atoms with Crippen molar-refractivity contribution < 1.29 is 14.3 Å². The third-order valence-corrected chi connectivity index (χ3v) is 2.98. The van der Waals surface area contributed by atoms with Crippen molar-refractivity contribution in [2.24, 2.45) is 5.73 Å². The van der Waals surface area contributed by atoms with E-state index < -0.39 is 5.91 Å². The Bertz CT molecular complexity index is 399. The molecule has 0 aliphatic rings. The minimum atomic E-state index is -0.451. The van der Waals surface area contributed by atoms with E-state index in [9.17, 15) is 4.79 Å². The largest absolute Gasteiger partial charge is 0.497 e. The smallest absolute Gasteiger partial charge is 0.243 e. The zero-order chi connectivity index (χ0) is 13.4. The lowest BCUT2D eigenvalue weighted by atomic mass is 10.2. The van der Waals surface area contributed by atoms with Crippen LogP contribution in [0.1, 0.15) is 5.56 Å². The highest BCUT2D eigenvalue weighted by molar-refractivity contribution is 9.10. The third kappa shape index (κ3) is 5.48. The van der Waals surface area contributed by atoms with Gasteiger partial charge < -0.3 is 20.5 Å². The van der Waals surface area contributed by atoms with Gasteiger partial charge in [-0.1, -0.05) is 22.0 Å². The molecule has 0 aliphatic carbocycles. The first-order valence-corrected chi connectivity index (χ1v) is 6.32. The van der Waals surface area contributed by atoms with Crippen molar-refractivity contribution in [1.82, 2.24) is 5.32 Å². The second kappa shape index (κ2) is 8.07. The average molecular weight is 317 g/mol. The molecule has 0 spiro atoms. The predicted molar refractivity (Wildman–Crippen MR) is 72.4 cm³/mol. The van der Waals surface area contributed by atoms with Gasteiger partial charge in [0, 0.05) is 17.6 Å². The first kappa shape index (κ1) is 14.9. The number of nitrogens with one attached hydrogen (secondary N) is 1. The van der Waals surface area contributed by atoms with E-state index in [0.29, 0.717) is 19.7 Å². The lowest BCUT2D eigenvalue weighted by Gasteiger charge is -2.08. The summed E-state index contributed by atoms with van der Waals surface area (Å²) >= 11 is 3.48. The summed E-state index contributed by atoms with van der Waals surface area (Å²) in [6.45, 7) is 1.79. The SMILES string of the molecule is COc1ccc(CNCCOCC(N)=O)c(Br)c1. The Labute approximate surface area is 115 Å². The zero-order valence-corrected chi connectivity index (χ0v) is 11.8. The second-order valence-corrected chi connectivity index (χ2v) is 4.51. The summed E-state index contributed by atoms with van der Waals surface area (Å²) in [6.07, 6.45) is 0. The van der Waals surface area contributed by atoms with Crippen molar-refractivity contribution >= 4 is 21.8 Å². The van der Waals surface area contributed by atoms with E-state index in [4.69, 9.17) is 15.2 Å². The molecule has 0 radical (unpaired) electrons. The maximum atomic E-state index is 10.4. The Morgan fingerprint density at radius 2 is 2.28 bits per heavy atom. The Balaban J connectivity index is 2.25. The maximum absolute atomic E-state index is 10.4. The molecular weight excluding hydrogens is 300 g/mol. The normalized spacial score (nSPS) is 10.3. The standard InChI is InChI=1S/C12H17BrN2O3/c1-17-10-3-2-9(11(13)6-10)7-15-4-5-18-8-12(14)16/h2-3,6,15H,4-5,7-8H2,1H3,(H2,14,16). The van der Waals surface area contributed by atoms with E-state index in [-0.39, 0.29) is 6.61 Å². The number of amides is 1. The summed E-state index contributed by atoms with van der Waals surface area (Å²) in [7, 11) is 1.63. The fourth-order valence-corrected chi connectivity index (χ4v) is 1.84. The Morgan fingerprint density at radius 1 is 1.50 bits per heavy atom. The Kier molecular flexibility index (Phi) is 6.70. The third-order valence-electron chi connectivity index (χ3n) is 2.24. The monoisotopic (exact) mass is 316 g/mol. The number of hydrogen-bond acceptors (Lipinski definition) is 4. The Morgan fingerprint density at radius 3 is 2.89 bits per heavy atom. The van der Waals surface area contributed by atoms with Crippen molar-refractivity contribution in [2.45, 2.75) is 6.54 Å². The van der Waals surface area contributed by atoms with Gasteiger partial charge in [-0.25, -0.2) is 0 Å². The number of carbonyl (C=O) groups excluding carboxylic acids is 1. The molecule has 0 aliphatic heterocycles. The molecule has 6 heteroatoms. The molecule has 0 aromatic heterocycles. The van der Waals surface area contributed by atoms with Crippen molar-refractivity contribution in [3.05, 3.63) is 28.2 Å². The van der Waals surface area contributed by atoms with Crippen LogP contribution in [0.4, 0.5) is 0 Å². The van der Waals surface area contributed by atoms with Crippen molar-refractivity contribution in [3.63, 3.8) is 0 Å². The van der Waals surface area contributed by atoms with Crippen LogP contribution in [0, 0.1) is 0 Å². The lowest BCUT2D eigenvalue weighted by molar-refractivity contribution is -0.122. The summed E-state index contributed by atoms with van der Waals surface area (Å²) in [6, 6.07) is 5.81. The van der Waals surface area contributed by atoms with Gasteiger partial charge in [0.2, 0.25) is 5.91 Å². The second-order valence-electron chi connectivity index (χ2n) is 3.65. The van der Waals surface area contributed by atoms with Gasteiger partial charge in [0.05, 0.1) is 13.7 Å². The summed E-state index contributed by atoms with van der Waals surface area (Å²) in [5.41, 5.74) is 6.07. The van der Waals surface area contributed by atoms with Gasteiger partial charge in [-0.05, 0) is 17.7 Å². The van der Waals surface area contributed by atoms with Gasteiger partial charge in [-0.15, -0.1) is 0 Å². The number of methoxy groups -OCH3 is 1. The summed E-state index contributed by atoms with van der Waals surface area (Å²) in [5.74, 6) is 0.364. The van der Waals surface area contributed by atoms with E-state index in [1.54, 1.807) is 7.11 Å². The molecule has 1 aromatic carbocycles. The zero-order valence-electron chi connectivity index (χ0n) is 10.2. The summed E-state index contributed by atoms with van der Waals surface area (Å²) < 4.78 is 11.1. The van der Waals surface area contributed by atoms with Crippen molar-refractivity contribution in [3.8, 4) is 5.75 Å². The van der Waals surface area contributed by atoms with Crippen LogP contribution in [-0.2, 0) is 16.1 Å². The molecule has 0 heterocycles. The van der Waals surface area contributed by atoms with Gasteiger partial charge in [0.15, 0.2) is 0 Å². The molecule has 18 heavy (non-hydrogen) atoms. The topological polar surface area (TPSA) is 73.6 Å². The molecule has 0 saturated carbocycles. The minimum Gasteiger partial charge on any atom is -0.497 e. The van der Waals surface area contributed by atoms with Crippen LogP contribution in [0.15, 0.2) is 22.7 Å². The van der Waals surface area contributed by atoms with E-state index in [1.165, 1.54) is 0 Å². The highest BCUT2D eigenvalue weighted by Gasteiger charge is 2.01. The van der Waals surface area contributed by atoms with Gasteiger partial charge >= 0.3 is 0 Å². The number of nitrogens with two attached hydrogens (primary N) is 1. The predicted octanol–water partition coefficient (Wildman–Crippen LogP) is 1.05. The highest BCUT2D eigenvalue weighted by atomic mass is 79.9. The van der Waals surface area contributed by atoms with Crippen LogP contribution in [0.5, 0.6) is 5.75 Å². The molecule has 3 N–H and O–H groups in total. The first-order chi connectivity index (χ1) is 8.63. The number of benzene rings is 1. The minimum absolute atomic E-state index is 0.0338. The van der Waals surface area contributed by atoms with E-state index in [1.807, 2.05) is 18.2 Å². The molecule has 0 atom stereocenters. The maximum Gasteiger partial charge on any atom is 0.243 e. The fourth-order valence-electron chi connectivity index (χ4n) is 1.34. The lowest BCUT2D eigenvalue weighted by Crippen LogP contribution is -2.23. The van der Waals surface area contributed by atoms with Crippen LogP contribution in [0.2, 0.25) is 0 Å². The van der Waals surface area contributed by atoms with E-state index in [0.717, 1.165) is 15.8 Å². The summed E-state index contributed by atoms with van der Waals surface area (Å²) in [5, 5.41) is 3.21. The molecule has 1 aromatic rings. The van der Waals surface area contributed by atoms with Gasteiger partial charge in [0.1, 0.15) is 12.4 Å². The molecular formula is C12H17BrN2O3. The molecule has 100 valence electrons. The Hall–Kier alpha value is -1.11. The van der Waals surface area contributed by atoms with Crippen LogP contribution in [-0.4, -0.2) is 32.8 Å². The number of ether oxygens (including phenoxy) is 2. The number of hydrogen-bond donors (Lipinski definition) is 2. The summed E-state index contributed by atoms with van der Waals surface area (Å²) in [4.78, 5) is 10.4. The average Bonchev–Trinajstić information content (AvgIpc) is 2.34. The molecule has 0 bridgehead atoms. The van der Waals surface area contributed by atoms with Crippen LogP contribution >= 0.6 is 15.9 Å². The molecule has 1 amide bonds. The van der Waals surface area contributed by atoms with Crippen LogP contribution in [0.25, 0.3) is 0 Å². The molecule has 0 saturated heterocycles. The quantitative estimate of drug-likeness (QED) is 0.703. The van der Waals surface area contributed by atoms with Gasteiger partial charge in [-0.3, -0.25) is 4.79 Å². The number of rotatable bonds is 8. The molecule has 5 nitrogen and oxygen atoms in total. The van der Waals surface area contributed by atoms with E-state index >= 15 is 0 Å². The first-order valence-electron chi connectivity index (χ1n) is 5.52. The van der Waals surface area contributed by atoms with E-state index in [2.05, 4.69) is 21.2 Å². The molecule has 0 fully saturated rings. The van der Waals surface area contributed by atoms with Crippen molar-refractivity contribution in [2.75, 3.05) is 26.9 Å². The van der Waals surface area contributed by atoms with Gasteiger partial charge in [-0.2, -0.15) is 0 Å².